The molecule has 1 unspecified atom stereocenters. The van der Waals surface area contributed by atoms with E-state index in [0.29, 0.717) is 24.7 Å². The van der Waals surface area contributed by atoms with Crippen molar-refractivity contribution in [3.63, 3.8) is 0 Å². The fraction of sp³-hybridized carbons (Fsp3) is 0.632. The molecule has 0 spiro atoms. The first-order valence-electron chi connectivity index (χ1n) is 8.89. The summed E-state index contributed by atoms with van der Waals surface area (Å²) in [6, 6.07) is 5.04. The Hall–Kier alpha value is -1.36. The SMILES string of the molecule is CCOc1cccc(CNC(=NC)NCC(OC)C(C)(C)C)c1OC(F)F.I. The highest BCUT2D eigenvalue weighted by atomic mass is 127. The fourth-order valence-corrected chi connectivity index (χ4v) is 2.52. The number of hydrogen-bond donors (Lipinski definition) is 2. The first-order valence-corrected chi connectivity index (χ1v) is 8.89. The van der Waals surface area contributed by atoms with Gasteiger partial charge in [-0.1, -0.05) is 32.9 Å². The van der Waals surface area contributed by atoms with Gasteiger partial charge >= 0.3 is 6.61 Å². The molecular weight excluding hydrogens is 483 g/mol. The van der Waals surface area contributed by atoms with E-state index < -0.39 is 6.61 Å². The highest BCUT2D eigenvalue weighted by molar-refractivity contribution is 14.0. The van der Waals surface area contributed by atoms with E-state index in [4.69, 9.17) is 9.47 Å². The average molecular weight is 515 g/mol. The van der Waals surface area contributed by atoms with Gasteiger partial charge in [0, 0.05) is 32.8 Å². The zero-order chi connectivity index (χ0) is 20.4. The summed E-state index contributed by atoms with van der Waals surface area (Å²) in [6.45, 7) is 6.27. The molecule has 0 fully saturated rings. The average Bonchev–Trinajstić information content (AvgIpc) is 2.59. The molecule has 1 aromatic carbocycles. The van der Waals surface area contributed by atoms with Gasteiger partial charge in [-0.25, -0.2) is 0 Å². The van der Waals surface area contributed by atoms with Crippen LogP contribution in [0.25, 0.3) is 0 Å². The van der Waals surface area contributed by atoms with Gasteiger partial charge < -0.3 is 24.8 Å². The van der Waals surface area contributed by atoms with Gasteiger partial charge in [0.05, 0.1) is 12.7 Å². The van der Waals surface area contributed by atoms with Gasteiger partial charge in [-0.3, -0.25) is 4.99 Å². The molecule has 2 N–H and O–H groups in total. The molecule has 0 aliphatic carbocycles. The number of benzene rings is 1. The molecular formula is C19H32F2IN3O3. The number of methoxy groups -OCH3 is 1. The molecule has 1 aromatic rings. The molecule has 0 aromatic heterocycles. The van der Waals surface area contributed by atoms with Crippen molar-refractivity contribution in [3.8, 4) is 11.5 Å². The third kappa shape index (κ3) is 8.76. The number of nitrogens with zero attached hydrogens (tertiary/aromatic N) is 1. The number of nitrogens with one attached hydrogen (secondary N) is 2. The minimum Gasteiger partial charge on any atom is -0.490 e. The molecule has 0 aliphatic rings. The van der Waals surface area contributed by atoms with Gasteiger partial charge in [0.15, 0.2) is 17.5 Å². The molecule has 9 heteroatoms. The number of aliphatic imine (C=N–C) groups is 1. The summed E-state index contributed by atoms with van der Waals surface area (Å²) in [5.74, 6) is 0.847. The lowest BCUT2D eigenvalue weighted by Gasteiger charge is -2.30. The molecule has 0 saturated heterocycles. The van der Waals surface area contributed by atoms with Gasteiger partial charge in [0.2, 0.25) is 0 Å². The smallest absolute Gasteiger partial charge is 0.387 e. The van der Waals surface area contributed by atoms with Crippen LogP contribution in [-0.2, 0) is 11.3 Å². The summed E-state index contributed by atoms with van der Waals surface area (Å²) in [5, 5.41) is 6.29. The second-order valence-electron chi connectivity index (χ2n) is 6.95. The number of rotatable bonds is 9. The van der Waals surface area contributed by atoms with E-state index in [1.807, 2.05) is 0 Å². The van der Waals surface area contributed by atoms with Gasteiger partial charge in [0.1, 0.15) is 0 Å². The Morgan fingerprint density at radius 1 is 1.21 bits per heavy atom. The van der Waals surface area contributed by atoms with Gasteiger partial charge in [0.25, 0.3) is 0 Å². The van der Waals surface area contributed by atoms with E-state index in [1.165, 1.54) is 0 Å². The van der Waals surface area contributed by atoms with Crippen LogP contribution in [-0.4, -0.2) is 46.0 Å². The Labute approximate surface area is 183 Å². The Bertz CT molecular complexity index is 611. The Morgan fingerprint density at radius 2 is 1.89 bits per heavy atom. The molecule has 162 valence electrons. The number of hydrogen-bond acceptors (Lipinski definition) is 4. The van der Waals surface area contributed by atoms with Gasteiger partial charge in [-0.2, -0.15) is 8.78 Å². The predicted molar refractivity (Wildman–Crippen MR) is 118 cm³/mol. The quantitative estimate of drug-likeness (QED) is 0.296. The van der Waals surface area contributed by atoms with Crippen LogP contribution in [0.5, 0.6) is 11.5 Å². The minimum atomic E-state index is -2.93. The van der Waals surface area contributed by atoms with Crippen LogP contribution in [0.2, 0.25) is 0 Å². The zero-order valence-electron chi connectivity index (χ0n) is 17.3. The number of ether oxygens (including phenoxy) is 3. The van der Waals surface area contributed by atoms with Crippen LogP contribution in [0.1, 0.15) is 33.3 Å². The summed E-state index contributed by atoms with van der Waals surface area (Å²) in [5.41, 5.74) is 0.508. The molecule has 1 rings (SSSR count). The molecule has 0 aliphatic heterocycles. The lowest BCUT2D eigenvalue weighted by atomic mass is 9.89. The van der Waals surface area contributed by atoms with Gasteiger partial charge in [-0.15, -0.1) is 24.0 Å². The topological polar surface area (TPSA) is 64.1 Å². The van der Waals surface area contributed by atoms with Crippen LogP contribution < -0.4 is 20.1 Å². The lowest BCUT2D eigenvalue weighted by Crippen LogP contribution is -2.45. The maximum atomic E-state index is 12.8. The number of para-hydroxylation sites is 1. The van der Waals surface area contributed by atoms with E-state index in [2.05, 4.69) is 41.1 Å². The first kappa shape index (κ1) is 26.6. The Balaban J connectivity index is 0.00000729. The highest BCUT2D eigenvalue weighted by Crippen LogP contribution is 2.32. The molecule has 0 heterocycles. The van der Waals surface area contributed by atoms with Crippen molar-refractivity contribution >= 4 is 29.9 Å². The summed E-state index contributed by atoms with van der Waals surface area (Å²) >= 11 is 0. The van der Waals surface area contributed by atoms with E-state index in [9.17, 15) is 8.78 Å². The minimum absolute atomic E-state index is 0. The van der Waals surface area contributed by atoms with E-state index in [-0.39, 0.29) is 53.5 Å². The van der Waals surface area contributed by atoms with Crippen LogP contribution in [0.4, 0.5) is 8.78 Å². The van der Waals surface area contributed by atoms with Crippen LogP contribution in [0, 0.1) is 5.41 Å². The summed E-state index contributed by atoms with van der Waals surface area (Å²) in [7, 11) is 3.31. The van der Waals surface area contributed by atoms with Crippen molar-refractivity contribution < 1.29 is 23.0 Å². The van der Waals surface area contributed by atoms with Gasteiger partial charge in [-0.05, 0) is 18.4 Å². The van der Waals surface area contributed by atoms with Crippen molar-refractivity contribution in [2.24, 2.45) is 10.4 Å². The number of alkyl halides is 2. The maximum Gasteiger partial charge on any atom is 0.387 e. The molecule has 0 saturated carbocycles. The third-order valence-corrected chi connectivity index (χ3v) is 3.94. The fourth-order valence-electron chi connectivity index (χ4n) is 2.52. The number of halogens is 3. The van der Waals surface area contributed by atoms with E-state index in [1.54, 1.807) is 39.3 Å². The standard InChI is InChI=1S/C19H31F2N3O3.HI/c1-7-26-14-10-8-9-13(16(14)27-17(20)21)11-23-18(22-5)24-12-15(25-6)19(2,3)4;/h8-10,15,17H,7,11-12H2,1-6H3,(H2,22,23,24);1H. The summed E-state index contributed by atoms with van der Waals surface area (Å²) in [6.07, 6.45) is -0.0185. The van der Waals surface area contributed by atoms with Crippen molar-refractivity contribution in [1.29, 1.82) is 0 Å². The zero-order valence-corrected chi connectivity index (χ0v) is 19.7. The van der Waals surface area contributed by atoms with Crippen molar-refractivity contribution in [1.82, 2.24) is 10.6 Å². The van der Waals surface area contributed by atoms with E-state index >= 15 is 0 Å². The van der Waals surface area contributed by atoms with Crippen molar-refractivity contribution in [2.75, 3.05) is 27.3 Å². The van der Waals surface area contributed by atoms with Crippen LogP contribution in [0.3, 0.4) is 0 Å². The predicted octanol–water partition coefficient (Wildman–Crippen LogP) is 4.03. The summed E-state index contributed by atoms with van der Waals surface area (Å²) in [4.78, 5) is 4.16. The van der Waals surface area contributed by atoms with Crippen LogP contribution >= 0.6 is 24.0 Å². The molecule has 0 bridgehead atoms. The monoisotopic (exact) mass is 515 g/mol. The largest absolute Gasteiger partial charge is 0.490 e. The second-order valence-corrected chi connectivity index (χ2v) is 6.95. The molecule has 28 heavy (non-hydrogen) atoms. The van der Waals surface area contributed by atoms with Crippen molar-refractivity contribution in [3.05, 3.63) is 23.8 Å². The highest BCUT2D eigenvalue weighted by Gasteiger charge is 2.24. The van der Waals surface area contributed by atoms with E-state index in [0.717, 1.165) is 0 Å². The van der Waals surface area contributed by atoms with Crippen molar-refractivity contribution in [2.45, 2.75) is 47.0 Å². The van der Waals surface area contributed by atoms with Crippen LogP contribution in [0.15, 0.2) is 23.2 Å². The maximum absolute atomic E-state index is 12.8. The molecule has 0 amide bonds. The lowest BCUT2D eigenvalue weighted by molar-refractivity contribution is -0.0520. The Kier molecular flexibility index (Phi) is 12.3. The second kappa shape index (κ2) is 13.0. The molecule has 1 atom stereocenters. The third-order valence-electron chi connectivity index (χ3n) is 3.94. The normalized spacial score (nSPS) is 13.0. The molecule has 0 radical (unpaired) electrons. The first-order chi connectivity index (χ1) is 12.7. The number of guanidine groups is 1. The Morgan fingerprint density at radius 3 is 2.39 bits per heavy atom. The summed E-state index contributed by atoms with van der Waals surface area (Å²) < 4.78 is 41.2. The molecule has 6 nitrogen and oxygen atoms in total.